The number of hydrogen-bond acceptors (Lipinski definition) is 6. The molecule has 8 atom stereocenters. The Kier molecular flexibility index (Phi) is 9.72. The van der Waals surface area contributed by atoms with Crippen LogP contribution in [-0.2, 0) is 14.2 Å². The molecule has 0 aromatic rings. The third-order valence-corrected chi connectivity index (χ3v) is 10.4. The molecule has 6 heteroatoms. The maximum absolute atomic E-state index is 10.3. The first-order chi connectivity index (χ1) is 16.9. The molecule has 0 amide bonds. The smallest absolute Gasteiger partial charge is 0.0701 e. The summed E-state index contributed by atoms with van der Waals surface area (Å²) in [6.45, 7) is 11.8. The van der Waals surface area contributed by atoms with E-state index in [1.165, 1.54) is 38.5 Å². The van der Waals surface area contributed by atoms with Crippen LogP contribution in [0.25, 0.3) is 0 Å². The number of aliphatic hydroxyl groups is 2. The molecule has 3 fully saturated rings. The van der Waals surface area contributed by atoms with Gasteiger partial charge in [0.15, 0.2) is 0 Å². The molecule has 0 aromatic carbocycles. The fraction of sp³-hybridized carbons (Fsp3) is 0.931. The molecule has 0 aliphatic heterocycles. The topological polar surface area (TPSA) is 80.2 Å². The van der Waals surface area contributed by atoms with Gasteiger partial charge < -0.3 is 29.7 Å². The first-order valence-corrected chi connectivity index (χ1v) is 14.3. The molecule has 0 heterocycles. The van der Waals surface area contributed by atoms with Gasteiger partial charge in [0.05, 0.1) is 52.4 Å². The van der Waals surface area contributed by atoms with Crippen LogP contribution in [0.2, 0.25) is 0 Å². The van der Waals surface area contributed by atoms with Crippen molar-refractivity contribution in [3.05, 3.63) is 11.6 Å². The van der Waals surface area contributed by atoms with Crippen LogP contribution in [-0.4, -0.2) is 75.2 Å². The molecule has 0 saturated heterocycles. The van der Waals surface area contributed by atoms with Crippen LogP contribution in [0.1, 0.15) is 72.1 Å². The third-order valence-electron chi connectivity index (χ3n) is 10.4. The Labute approximate surface area is 213 Å². The fourth-order valence-electron chi connectivity index (χ4n) is 8.61. The van der Waals surface area contributed by atoms with Crippen LogP contribution in [0.15, 0.2) is 11.6 Å². The highest BCUT2D eigenvalue weighted by molar-refractivity contribution is 5.25. The Morgan fingerprint density at radius 1 is 0.943 bits per heavy atom. The van der Waals surface area contributed by atoms with Gasteiger partial charge in [-0.15, -0.1) is 0 Å². The maximum atomic E-state index is 10.3. The Morgan fingerprint density at radius 2 is 1.66 bits per heavy atom. The summed E-state index contributed by atoms with van der Waals surface area (Å²) in [5, 5.41) is 22.7. The summed E-state index contributed by atoms with van der Waals surface area (Å²) in [5.74, 6) is 3.22. The molecular weight excluding hydrogens is 442 g/mol. The average molecular weight is 494 g/mol. The van der Waals surface area contributed by atoms with E-state index in [1.54, 1.807) is 5.57 Å². The number of nitrogens with one attached hydrogen (secondary N) is 1. The quantitative estimate of drug-likeness (QED) is 0.266. The third kappa shape index (κ3) is 5.99. The van der Waals surface area contributed by atoms with Crippen molar-refractivity contribution in [1.29, 1.82) is 0 Å². The Hall–Kier alpha value is -0.500. The second kappa shape index (κ2) is 12.4. The molecular formula is C29H51NO5. The van der Waals surface area contributed by atoms with Crippen LogP contribution in [0.4, 0.5) is 0 Å². The number of hydrogen-bond donors (Lipinski definition) is 3. The van der Waals surface area contributed by atoms with Gasteiger partial charge in [0.25, 0.3) is 0 Å². The first kappa shape index (κ1) is 27.5. The Morgan fingerprint density at radius 3 is 2.40 bits per heavy atom. The standard InChI is InChI=1S/C29H51NO5/c1-21(30-12-14-33-16-18-35-19-17-34-15-13-31)25-6-7-26-24-5-4-22-20-23(32)8-10-28(22,2)27(24)9-11-29(25,26)3/h4,21,23-27,30-32H,5-20H2,1-3H3/t21-,23-,24-,25+,26-,27-,28-,29+/m0/s1. The Bertz CT molecular complexity index is 701. The summed E-state index contributed by atoms with van der Waals surface area (Å²) in [6.07, 6.45) is 12.2. The van der Waals surface area contributed by atoms with E-state index in [9.17, 15) is 5.11 Å². The molecule has 202 valence electrons. The largest absolute Gasteiger partial charge is 0.394 e. The summed E-state index contributed by atoms with van der Waals surface area (Å²) < 4.78 is 16.4. The minimum Gasteiger partial charge on any atom is -0.394 e. The van der Waals surface area contributed by atoms with Crippen molar-refractivity contribution in [2.45, 2.75) is 84.3 Å². The highest BCUT2D eigenvalue weighted by Gasteiger charge is 2.59. The number of rotatable bonds is 13. The Balaban J connectivity index is 1.20. The van der Waals surface area contributed by atoms with E-state index in [0.29, 0.717) is 56.5 Å². The lowest BCUT2D eigenvalue weighted by Gasteiger charge is -2.58. The van der Waals surface area contributed by atoms with Gasteiger partial charge in [-0.2, -0.15) is 0 Å². The van der Waals surface area contributed by atoms with Crippen LogP contribution in [0.3, 0.4) is 0 Å². The normalized spacial score (nSPS) is 39.5. The fourth-order valence-corrected chi connectivity index (χ4v) is 8.61. The molecule has 0 bridgehead atoms. The second-order valence-corrected chi connectivity index (χ2v) is 12.2. The molecule has 0 aromatic heterocycles. The zero-order valence-corrected chi connectivity index (χ0v) is 22.5. The van der Waals surface area contributed by atoms with E-state index in [-0.39, 0.29) is 12.7 Å². The van der Waals surface area contributed by atoms with Crippen molar-refractivity contribution in [2.75, 3.05) is 52.8 Å². The van der Waals surface area contributed by atoms with Gasteiger partial charge in [0, 0.05) is 12.6 Å². The van der Waals surface area contributed by atoms with Gasteiger partial charge >= 0.3 is 0 Å². The molecule has 35 heavy (non-hydrogen) atoms. The van der Waals surface area contributed by atoms with E-state index < -0.39 is 0 Å². The van der Waals surface area contributed by atoms with Gasteiger partial charge in [-0.1, -0.05) is 25.5 Å². The second-order valence-electron chi connectivity index (χ2n) is 12.2. The summed E-state index contributed by atoms with van der Waals surface area (Å²) >= 11 is 0. The predicted octanol–water partition coefficient (Wildman–Crippen LogP) is 3.95. The SMILES string of the molecule is C[C@H](NCCOCCOCCOCCO)[C@H]1CC[C@H]2[C@@H]3CC=C4C[C@@H](O)CC[C@]4(C)[C@H]3CC[C@]12C. The maximum Gasteiger partial charge on any atom is 0.0701 e. The number of ether oxygens (including phenoxy) is 3. The van der Waals surface area contributed by atoms with Crippen LogP contribution in [0.5, 0.6) is 0 Å². The summed E-state index contributed by atoms with van der Waals surface area (Å²) in [5.41, 5.74) is 2.35. The molecule has 3 saturated carbocycles. The number of fused-ring (bicyclic) bond motifs is 5. The van der Waals surface area contributed by atoms with Gasteiger partial charge in [0.1, 0.15) is 0 Å². The van der Waals surface area contributed by atoms with Gasteiger partial charge in [0.2, 0.25) is 0 Å². The lowest BCUT2D eigenvalue weighted by atomic mass is 9.47. The molecule has 6 nitrogen and oxygen atoms in total. The first-order valence-electron chi connectivity index (χ1n) is 14.3. The van der Waals surface area contributed by atoms with E-state index in [1.807, 2.05) is 0 Å². The summed E-state index contributed by atoms with van der Waals surface area (Å²) in [6, 6.07) is 0.514. The van der Waals surface area contributed by atoms with Gasteiger partial charge in [-0.3, -0.25) is 0 Å². The molecule has 0 unspecified atom stereocenters. The van der Waals surface area contributed by atoms with Crippen molar-refractivity contribution in [3.8, 4) is 0 Å². The molecule has 3 N–H and O–H groups in total. The molecule has 0 radical (unpaired) electrons. The van der Waals surface area contributed by atoms with Crippen molar-refractivity contribution >= 4 is 0 Å². The number of aliphatic hydroxyl groups excluding tert-OH is 2. The van der Waals surface area contributed by atoms with Crippen molar-refractivity contribution in [1.82, 2.24) is 5.32 Å². The van der Waals surface area contributed by atoms with E-state index in [0.717, 1.165) is 43.1 Å². The number of allylic oxidation sites excluding steroid dienone is 1. The molecule has 4 rings (SSSR count). The van der Waals surface area contributed by atoms with E-state index in [2.05, 4.69) is 32.2 Å². The lowest BCUT2D eigenvalue weighted by molar-refractivity contribution is -0.0538. The van der Waals surface area contributed by atoms with E-state index >= 15 is 0 Å². The highest BCUT2D eigenvalue weighted by atomic mass is 16.5. The van der Waals surface area contributed by atoms with Crippen LogP contribution >= 0.6 is 0 Å². The van der Waals surface area contributed by atoms with Crippen molar-refractivity contribution in [2.24, 2.45) is 34.5 Å². The van der Waals surface area contributed by atoms with Crippen molar-refractivity contribution in [3.63, 3.8) is 0 Å². The van der Waals surface area contributed by atoms with E-state index in [4.69, 9.17) is 19.3 Å². The zero-order valence-electron chi connectivity index (χ0n) is 22.5. The molecule has 4 aliphatic rings. The zero-order chi connectivity index (χ0) is 24.9. The van der Waals surface area contributed by atoms with Crippen molar-refractivity contribution < 1.29 is 24.4 Å². The predicted molar refractivity (Wildman–Crippen MR) is 138 cm³/mol. The molecule has 0 spiro atoms. The van der Waals surface area contributed by atoms with Gasteiger partial charge in [-0.05, 0) is 92.8 Å². The molecule has 4 aliphatic carbocycles. The van der Waals surface area contributed by atoms with Gasteiger partial charge in [-0.25, -0.2) is 0 Å². The highest BCUT2D eigenvalue weighted by Crippen LogP contribution is 2.66. The minimum absolute atomic E-state index is 0.0553. The average Bonchev–Trinajstić information content (AvgIpc) is 3.20. The lowest BCUT2D eigenvalue weighted by Crippen LogP contribution is -2.52. The van der Waals surface area contributed by atoms with Crippen LogP contribution < -0.4 is 5.32 Å². The summed E-state index contributed by atoms with van der Waals surface area (Å²) in [4.78, 5) is 0. The minimum atomic E-state index is -0.115. The monoisotopic (exact) mass is 493 g/mol. The summed E-state index contributed by atoms with van der Waals surface area (Å²) in [7, 11) is 0. The van der Waals surface area contributed by atoms with Crippen LogP contribution in [0, 0.1) is 34.5 Å².